The third-order valence-corrected chi connectivity index (χ3v) is 3.50. The summed E-state index contributed by atoms with van der Waals surface area (Å²) in [5.41, 5.74) is 3.60. The first kappa shape index (κ1) is 10.8. The van der Waals surface area contributed by atoms with Crippen LogP contribution in [0.3, 0.4) is 0 Å². The molecule has 0 fully saturated rings. The minimum absolute atomic E-state index is 0.862. The summed E-state index contributed by atoms with van der Waals surface area (Å²) in [5, 5.41) is 0. The minimum Gasteiger partial charge on any atom is -0.0705 e. The zero-order chi connectivity index (χ0) is 9.84. The average Bonchev–Trinajstić information content (AvgIpc) is 2.34. The van der Waals surface area contributed by atoms with Crippen LogP contribution in [-0.4, -0.2) is 0 Å². The van der Waals surface area contributed by atoms with Crippen molar-refractivity contribution in [1.29, 1.82) is 0 Å². The highest BCUT2D eigenvalue weighted by Gasteiger charge is 2.26. The second kappa shape index (κ2) is 4.83. The zero-order valence-corrected chi connectivity index (χ0v) is 9.69. The molecule has 2 atom stereocenters. The van der Waals surface area contributed by atoms with Crippen molar-refractivity contribution in [2.75, 3.05) is 0 Å². The van der Waals surface area contributed by atoms with Crippen molar-refractivity contribution >= 4 is 0 Å². The van der Waals surface area contributed by atoms with Gasteiger partial charge in [-0.25, -0.2) is 0 Å². The van der Waals surface area contributed by atoms with Crippen LogP contribution < -0.4 is 0 Å². The molecule has 0 N–H and O–H groups in total. The van der Waals surface area contributed by atoms with Crippen LogP contribution in [0.5, 0.6) is 0 Å². The summed E-state index contributed by atoms with van der Waals surface area (Å²) in [5.74, 6) is 1.77. The standard InChI is InChI=1S/C13H24/c1-5-7-12-9-10(3)11(4)13(12)8-6-2/h10-11H,5-9H2,1-4H3/t10-,11-/m1/s1. The van der Waals surface area contributed by atoms with Crippen LogP contribution >= 0.6 is 0 Å². The summed E-state index contributed by atoms with van der Waals surface area (Å²) < 4.78 is 0. The summed E-state index contributed by atoms with van der Waals surface area (Å²) in [7, 11) is 0. The molecule has 0 bridgehead atoms. The van der Waals surface area contributed by atoms with Crippen LogP contribution in [0, 0.1) is 11.8 Å². The highest BCUT2D eigenvalue weighted by Crippen LogP contribution is 2.40. The molecule has 0 heterocycles. The highest BCUT2D eigenvalue weighted by atomic mass is 14.3. The normalized spacial score (nSPS) is 28.6. The van der Waals surface area contributed by atoms with Gasteiger partial charge in [-0.2, -0.15) is 0 Å². The van der Waals surface area contributed by atoms with E-state index in [-0.39, 0.29) is 0 Å². The lowest BCUT2D eigenvalue weighted by atomic mass is 9.92. The van der Waals surface area contributed by atoms with Crippen molar-refractivity contribution < 1.29 is 0 Å². The molecule has 0 aromatic carbocycles. The Kier molecular flexibility index (Phi) is 4.02. The van der Waals surface area contributed by atoms with E-state index in [0.29, 0.717) is 0 Å². The van der Waals surface area contributed by atoms with E-state index >= 15 is 0 Å². The molecule has 0 saturated carbocycles. The van der Waals surface area contributed by atoms with Gasteiger partial charge in [0.15, 0.2) is 0 Å². The van der Waals surface area contributed by atoms with Crippen molar-refractivity contribution in [3.05, 3.63) is 11.1 Å². The van der Waals surface area contributed by atoms with Gasteiger partial charge in [-0.05, 0) is 31.1 Å². The van der Waals surface area contributed by atoms with Crippen molar-refractivity contribution in [3.63, 3.8) is 0 Å². The van der Waals surface area contributed by atoms with E-state index < -0.39 is 0 Å². The maximum Gasteiger partial charge on any atom is -0.0200 e. The molecular formula is C13H24. The SMILES string of the molecule is CCCC1=C(CCC)[C@H](C)[C@H](C)C1. The lowest BCUT2D eigenvalue weighted by molar-refractivity contribution is 0.468. The van der Waals surface area contributed by atoms with Gasteiger partial charge in [0.1, 0.15) is 0 Å². The summed E-state index contributed by atoms with van der Waals surface area (Å²) in [6, 6.07) is 0. The molecule has 0 aromatic rings. The van der Waals surface area contributed by atoms with Crippen molar-refractivity contribution in [2.45, 2.75) is 59.8 Å². The maximum atomic E-state index is 2.42. The number of allylic oxidation sites excluding steroid dienone is 2. The Balaban J connectivity index is 2.70. The molecule has 0 aromatic heterocycles. The Labute approximate surface area is 83.4 Å². The van der Waals surface area contributed by atoms with Crippen LogP contribution in [-0.2, 0) is 0 Å². The molecule has 1 aliphatic carbocycles. The van der Waals surface area contributed by atoms with Gasteiger partial charge in [0.25, 0.3) is 0 Å². The molecular weight excluding hydrogens is 156 g/mol. The van der Waals surface area contributed by atoms with E-state index in [1.54, 1.807) is 11.1 Å². The molecule has 1 aliphatic rings. The van der Waals surface area contributed by atoms with Gasteiger partial charge in [-0.1, -0.05) is 51.7 Å². The van der Waals surface area contributed by atoms with Gasteiger partial charge >= 0.3 is 0 Å². The Morgan fingerprint density at radius 3 is 2.23 bits per heavy atom. The Morgan fingerprint density at radius 1 is 1.08 bits per heavy atom. The molecule has 0 nitrogen and oxygen atoms in total. The van der Waals surface area contributed by atoms with Crippen molar-refractivity contribution in [1.82, 2.24) is 0 Å². The lowest BCUT2D eigenvalue weighted by Crippen LogP contribution is -2.02. The molecule has 0 heteroatoms. The molecule has 0 unspecified atom stereocenters. The molecule has 0 aliphatic heterocycles. The Bertz CT molecular complexity index is 188. The number of hydrogen-bond acceptors (Lipinski definition) is 0. The van der Waals surface area contributed by atoms with E-state index in [4.69, 9.17) is 0 Å². The largest absolute Gasteiger partial charge is 0.0705 e. The second-order valence-corrected chi connectivity index (χ2v) is 4.60. The van der Waals surface area contributed by atoms with Gasteiger partial charge < -0.3 is 0 Å². The van der Waals surface area contributed by atoms with E-state index in [1.807, 2.05) is 0 Å². The third-order valence-electron chi connectivity index (χ3n) is 3.50. The van der Waals surface area contributed by atoms with Gasteiger partial charge in [0, 0.05) is 0 Å². The van der Waals surface area contributed by atoms with Crippen LogP contribution in [0.2, 0.25) is 0 Å². The van der Waals surface area contributed by atoms with Crippen LogP contribution in [0.15, 0.2) is 11.1 Å². The number of rotatable bonds is 4. The van der Waals surface area contributed by atoms with Gasteiger partial charge in [0.2, 0.25) is 0 Å². The average molecular weight is 180 g/mol. The monoisotopic (exact) mass is 180 g/mol. The molecule has 0 spiro atoms. The van der Waals surface area contributed by atoms with E-state index in [1.165, 1.54) is 32.1 Å². The van der Waals surface area contributed by atoms with E-state index in [9.17, 15) is 0 Å². The van der Waals surface area contributed by atoms with E-state index in [2.05, 4.69) is 27.7 Å². The van der Waals surface area contributed by atoms with Crippen LogP contribution in [0.4, 0.5) is 0 Å². The molecule has 0 radical (unpaired) electrons. The summed E-state index contributed by atoms with van der Waals surface area (Å²) in [4.78, 5) is 0. The predicted molar refractivity (Wildman–Crippen MR) is 59.8 cm³/mol. The van der Waals surface area contributed by atoms with Crippen LogP contribution in [0.25, 0.3) is 0 Å². The predicted octanol–water partition coefficient (Wildman–Crippen LogP) is 4.56. The summed E-state index contributed by atoms with van der Waals surface area (Å²) in [6.07, 6.45) is 6.72. The molecule has 0 amide bonds. The third kappa shape index (κ3) is 2.36. The fourth-order valence-electron chi connectivity index (χ4n) is 2.60. The zero-order valence-electron chi connectivity index (χ0n) is 9.69. The topological polar surface area (TPSA) is 0 Å². The summed E-state index contributed by atoms with van der Waals surface area (Å²) in [6.45, 7) is 9.41. The van der Waals surface area contributed by atoms with Gasteiger partial charge in [-0.15, -0.1) is 0 Å². The first-order chi connectivity index (χ1) is 6.20. The first-order valence-electron chi connectivity index (χ1n) is 5.91. The van der Waals surface area contributed by atoms with Crippen molar-refractivity contribution in [3.8, 4) is 0 Å². The molecule has 1 rings (SSSR count). The first-order valence-corrected chi connectivity index (χ1v) is 5.91. The van der Waals surface area contributed by atoms with Gasteiger partial charge in [-0.3, -0.25) is 0 Å². The Hall–Kier alpha value is -0.260. The fourth-order valence-corrected chi connectivity index (χ4v) is 2.60. The molecule has 0 saturated heterocycles. The second-order valence-electron chi connectivity index (χ2n) is 4.60. The smallest absolute Gasteiger partial charge is 0.0200 e. The van der Waals surface area contributed by atoms with E-state index in [0.717, 1.165) is 11.8 Å². The quantitative estimate of drug-likeness (QED) is 0.556. The van der Waals surface area contributed by atoms with Crippen LogP contribution in [0.1, 0.15) is 59.8 Å². The summed E-state index contributed by atoms with van der Waals surface area (Å²) >= 11 is 0. The Morgan fingerprint density at radius 2 is 1.69 bits per heavy atom. The molecule has 76 valence electrons. The lowest BCUT2D eigenvalue weighted by Gasteiger charge is -2.13. The maximum absolute atomic E-state index is 2.42. The highest BCUT2D eigenvalue weighted by molar-refractivity contribution is 5.23. The number of hydrogen-bond donors (Lipinski definition) is 0. The van der Waals surface area contributed by atoms with Gasteiger partial charge in [0.05, 0.1) is 0 Å². The fraction of sp³-hybridized carbons (Fsp3) is 0.846. The van der Waals surface area contributed by atoms with Crippen molar-refractivity contribution in [2.24, 2.45) is 11.8 Å². The molecule has 13 heavy (non-hydrogen) atoms. The minimum atomic E-state index is 0.862.